The molecule has 0 fully saturated rings. The highest BCUT2D eigenvalue weighted by atomic mass is 16.4. The Labute approximate surface area is 157 Å². The van der Waals surface area contributed by atoms with Crippen LogP contribution in [0.3, 0.4) is 0 Å². The number of hydrogen-bond donors (Lipinski definition) is 3. The lowest BCUT2D eigenvalue weighted by Crippen LogP contribution is -2.44. The smallest absolute Gasteiger partial charge is 0.326 e. The number of anilines is 1. The van der Waals surface area contributed by atoms with Crippen LogP contribution in [0.1, 0.15) is 40.7 Å². The van der Waals surface area contributed by atoms with E-state index in [0.717, 1.165) is 44.2 Å². The number of fused-ring (bicyclic) bond motifs is 2. The summed E-state index contributed by atoms with van der Waals surface area (Å²) in [5.41, 5.74) is 6.64. The number of aliphatic carboxylic acids is 1. The van der Waals surface area contributed by atoms with E-state index < -0.39 is 18.0 Å². The molecule has 4 rings (SSSR count). The van der Waals surface area contributed by atoms with Gasteiger partial charge in [-0.3, -0.25) is 0 Å². The maximum absolute atomic E-state index is 12.6. The average molecular weight is 366 g/mol. The van der Waals surface area contributed by atoms with E-state index in [1.165, 1.54) is 28.6 Å². The lowest BCUT2D eigenvalue weighted by molar-refractivity contribution is -0.139. The second-order valence-corrected chi connectivity index (χ2v) is 7.17. The van der Waals surface area contributed by atoms with Crippen molar-refractivity contribution in [3.05, 3.63) is 52.6 Å². The molecule has 7 nitrogen and oxygen atoms in total. The largest absolute Gasteiger partial charge is 0.480 e. The summed E-state index contributed by atoms with van der Waals surface area (Å²) < 4.78 is 0. The number of carboxylic acid groups (broad SMARTS) is 1. The van der Waals surface area contributed by atoms with Gasteiger partial charge in [0.15, 0.2) is 0 Å². The molecule has 1 aromatic heterocycles. The van der Waals surface area contributed by atoms with Crippen molar-refractivity contribution in [3.8, 4) is 0 Å². The third kappa shape index (κ3) is 3.63. The van der Waals surface area contributed by atoms with Gasteiger partial charge < -0.3 is 15.7 Å². The summed E-state index contributed by atoms with van der Waals surface area (Å²) in [6.45, 7) is 0. The van der Waals surface area contributed by atoms with Crippen LogP contribution in [-0.4, -0.2) is 33.1 Å². The number of carbonyl (C=O) groups is 2. The van der Waals surface area contributed by atoms with Crippen molar-refractivity contribution in [3.63, 3.8) is 0 Å². The number of aromatic nitrogens is 2. The second kappa shape index (κ2) is 7.34. The molecule has 2 aliphatic rings. The molecule has 27 heavy (non-hydrogen) atoms. The van der Waals surface area contributed by atoms with Crippen molar-refractivity contribution in [2.75, 3.05) is 5.32 Å². The minimum Gasteiger partial charge on any atom is -0.480 e. The third-order valence-corrected chi connectivity index (χ3v) is 5.37. The molecule has 0 saturated heterocycles. The molecule has 1 aromatic carbocycles. The van der Waals surface area contributed by atoms with E-state index in [-0.39, 0.29) is 6.42 Å². The number of nitrogens with zero attached hydrogens (tertiary/aromatic N) is 2. The summed E-state index contributed by atoms with van der Waals surface area (Å²) >= 11 is 0. The van der Waals surface area contributed by atoms with Gasteiger partial charge in [-0.05, 0) is 66.3 Å². The third-order valence-electron chi connectivity index (χ3n) is 5.37. The van der Waals surface area contributed by atoms with Crippen LogP contribution < -0.4 is 10.6 Å². The highest BCUT2D eigenvalue weighted by Gasteiger charge is 2.26. The SMILES string of the molecule is O=C(Nc1c2c(cc3c1CCC3)CCC2)N[C@H](Cc1cncnc1)C(=O)O. The maximum Gasteiger partial charge on any atom is 0.326 e. The van der Waals surface area contributed by atoms with Crippen LogP contribution in [0.15, 0.2) is 24.8 Å². The Hall–Kier alpha value is -2.96. The van der Waals surface area contributed by atoms with Gasteiger partial charge in [0.1, 0.15) is 12.4 Å². The van der Waals surface area contributed by atoms with Crippen LogP contribution in [0.5, 0.6) is 0 Å². The molecule has 2 aliphatic carbocycles. The Bertz CT molecular complexity index is 850. The van der Waals surface area contributed by atoms with E-state index in [1.54, 1.807) is 12.4 Å². The van der Waals surface area contributed by atoms with Crippen LogP contribution >= 0.6 is 0 Å². The number of carboxylic acids is 1. The zero-order valence-electron chi connectivity index (χ0n) is 15.0. The van der Waals surface area contributed by atoms with Crippen LogP contribution in [0.2, 0.25) is 0 Å². The number of aryl methyl sites for hydroxylation is 2. The van der Waals surface area contributed by atoms with Crippen molar-refractivity contribution in [1.29, 1.82) is 0 Å². The number of rotatable bonds is 5. The van der Waals surface area contributed by atoms with E-state index in [2.05, 4.69) is 26.7 Å². The molecule has 1 atom stereocenters. The van der Waals surface area contributed by atoms with E-state index in [4.69, 9.17) is 0 Å². The zero-order chi connectivity index (χ0) is 18.8. The molecule has 0 bridgehead atoms. The van der Waals surface area contributed by atoms with E-state index in [1.807, 2.05) is 0 Å². The normalized spacial score (nSPS) is 15.7. The first kappa shape index (κ1) is 17.5. The first-order valence-corrected chi connectivity index (χ1v) is 9.32. The van der Waals surface area contributed by atoms with Crippen LogP contribution in [-0.2, 0) is 36.9 Å². The Kier molecular flexibility index (Phi) is 4.75. The van der Waals surface area contributed by atoms with Crippen molar-refractivity contribution >= 4 is 17.7 Å². The summed E-state index contributed by atoms with van der Waals surface area (Å²) in [7, 11) is 0. The Morgan fingerprint density at radius 1 is 1.04 bits per heavy atom. The molecule has 0 saturated carbocycles. The van der Waals surface area contributed by atoms with E-state index in [0.29, 0.717) is 5.56 Å². The Morgan fingerprint density at radius 3 is 2.26 bits per heavy atom. The van der Waals surface area contributed by atoms with Crippen molar-refractivity contribution < 1.29 is 14.7 Å². The second-order valence-electron chi connectivity index (χ2n) is 7.17. The minimum absolute atomic E-state index is 0.134. The first-order valence-electron chi connectivity index (χ1n) is 9.32. The fraction of sp³-hybridized carbons (Fsp3) is 0.400. The van der Waals surface area contributed by atoms with Crippen molar-refractivity contribution in [1.82, 2.24) is 15.3 Å². The quantitative estimate of drug-likeness (QED) is 0.753. The molecule has 0 spiro atoms. The molecule has 0 aliphatic heterocycles. The van der Waals surface area contributed by atoms with Gasteiger partial charge >= 0.3 is 12.0 Å². The molecule has 1 heterocycles. The monoisotopic (exact) mass is 366 g/mol. The molecule has 7 heteroatoms. The van der Waals surface area contributed by atoms with Gasteiger partial charge in [-0.2, -0.15) is 0 Å². The number of urea groups is 1. The lowest BCUT2D eigenvalue weighted by Gasteiger charge is -2.19. The fourth-order valence-electron chi connectivity index (χ4n) is 4.15. The van der Waals surface area contributed by atoms with Crippen LogP contribution in [0.4, 0.5) is 10.5 Å². The van der Waals surface area contributed by atoms with Gasteiger partial charge in [0.25, 0.3) is 0 Å². The first-order chi connectivity index (χ1) is 13.1. The summed E-state index contributed by atoms with van der Waals surface area (Å²) in [4.78, 5) is 32.0. The van der Waals surface area contributed by atoms with Crippen LogP contribution in [0, 0.1) is 0 Å². The maximum atomic E-state index is 12.6. The van der Waals surface area contributed by atoms with Gasteiger partial charge in [-0.25, -0.2) is 19.6 Å². The molecule has 2 aromatic rings. The summed E-state index contributed by atoms with van der Waals surface area (Å²) in [6.07, 6.45) is 10.8. The summed E-state index contributed by atoms with van der Waals surface area (Å²) in [5.74, 6) is -1.09. The minimum atomic E-state index is -1.09. The van der Waals surface area contributed by atoms with Gasteiger partial charge in [0.05, 0.1) is 0 Å². The number of benzene rings is 1. The van der Waals surface area contributed by atoms with Crippen molar-refractivity contribution in [2.24, 2.45) is 0 Å². The van der Waals surface area contributed by atoms with Gasteiger partial charge in [-0.15, -0.1) is 0 Å². The predicted octanol–water partition coefficient (Wildman–Crippen LogP) is 2.27. The van der Waals surface area contributed by atoms with Gasteiger partial charge in [0.2, 0.25) is 0 Å². The molecule has 140 valence electrons. The number of nitrogens with one attached hydrogen (secondary N) is 2. The average Bonchev–Trinajstić information content (AvgIpc) is 3.31. The lowest BCUT2D eigenvalue weighted by atomic mass is 9.99. The van der Waals surface area contributed by atoms with Crippen LogP contribution in [0.25, 0.3) is 0 Å². The summed E-state index contributed by atoms with van der Waals surface area (Å²) in [5, 5.41) is 15.0. The zero-order valence-corrected chi connectivity index (χ0v) is 15.0. The van der Waals surface area contributed by atoms with E-state index >= 15 is 0 Å². The van der Waals surface area contributed by atoms with Gasteiger partial charge in [-0.1, -0.05) is 6.07 Å². The molecule has 2 amide bonds. The number of hydrogen-bond acceptors (Lipinski definition) is 4. The Morgan fingerprint density at radius 2 is 1.67 bits per heavy atom. The molecule has 0 unspecified atom stereocenters. The Balaban J connectivity index is 1.52. The number of carbonyl (C=O) groups excluding carboxylic acids is 1. The standard InChI is InChI=1S/C20H22N4O3/c25-19(26)17(7-12-9-21-11-22-10-12)23-20(27)24-18-15-5-1-3-13(15)8-14-4-2-6-16(14)18/h8-11,17H,1-7H2,(H,25,26)(H2,23,24,27)/t17-/m1/s1. The predicted molar refractivity (Wildman–Crippen MR) is 99.8 cm³/mol. The number of amides is 2. The summed E-state index contributed by atoms with van der Waals surface area (Å²) in [6, 6.07) is 0.776. The van der Waals surface area contributed by atoms with Crippen molar-refractivity contribution in [2.45, 2.75) is 51.0 Å². The van der Waals surface area contributed by atoms with Gasteiger partial charge in [0, 0.05) is 24.5 Å². The van der Waals surface area contributed by atoms with E-state index in [9.17, 15) is 14.7 Å². The molecular weight excluding hydrogens is 344 g/mol. The highest BCUT2D eigenvalue weighted by Crippen LogP contribution is 2.38. The molecule has 3 N–H and O–H groups in total. The molecular formula is C20H22N4O3. The molecule has 0 radical (unpaired) electrons. The highest BCUT2D eigenvalue weighted by molar-refractivity contribution is 5.94. The topological polar surface area (TPSA) is 104 Å². The fourth-order valence-corrected chi connectivity index (χ4v) is 4.15.